The van der Waals surface area contributed by atoms with Crippen LogP contribution in [0, 0.1) is 5.92 Å². The number of aromatic hydroxyl groups is 1. The maximum absolute atomic E-state index is 13.4. The predicted molar refractivity (Wildman–Crippen MR) is 152 cm³/mol. The van der Waals surface area contributed by atoms with Crippen LogP contribution >= 0.6 is 7.82 Å². The van der Waals surface area contributed by atoms with Gasteiger partial charge in [-0.25, -0.2) is 4.79 Å². The minimum absolute atomic E-state index is 0.0272. The number of phenolic OH excluding ortho intramolecular Hbond substituents is 1. The van der Waals surface area contributed by atoms with E-state index in [1.165, 1.54) is 5.57 Å². The van der Waals surface area contributed by atoms with E-state index in [1.54, 1.807) is 6.07 Å². The Morgan fingerprint density at radius 2 is 1.85 bits per heavy atom. The van der Waals surface area contributed by atoms with E-state index in [-0.39, 0.29) is 42.8 Å². The van der Waals surface area contributed by atoms with Crippen LogP contribution in [0.25, 0.3) is 0 Å². The summed E-state index contributed by atoms with van der Waals surface area (Å²) in [5, 5.41) is 11.2. The van der Waals surface area contributed by atoms with Crippen molar-refractivity contribution in [1.82, 2.24) is 0 Å². The van der Waals surface area contributed by atoms with Gasteiger partial charge < -0.3 is 19.3 Å². The number of phosphoric acid groups is 1. The molecule has 0 radical (unpaired) electrons. The van der Waals surface area contributed by atoms with E-state index < -0.39 is 19.4 Å². The normalized spacial score (nSPS) is 21.6. The summed E-state index contributed by atoms with van der Waals surface area (Å²) in [4.78, 5) is 25.9. The van der Waals surface area contributed by atoms with Crippen LogP contribution < -0.4 is 9.63 Å². The van der Waals surface area contributed by atoms with E-state index in [2.05, 4.69) is 33.4 Å². The molecule has 0 saturated heterocycles. The van der Waals surface area contributed by atoms with Gasteiger partial charge in [-0.2, -0.15) is 0 Å². The first-order chi connectivity index (χ1) is 18.5. The van der Waals surface area contributed by atoms with Crippen molar-refractivity contribution in [3.63, 3.8) is 0 Å². The van der Waals surface area contributed by atoms with Gasteiger partial charge in [0.05, 0.1) is 6.61 Å². The molecule has 3 rings (SSSR count). The number of phosphoric ester groups is 1. The molecule has 0 spiro atoms. The molecule has 2 aliphatic rings. The average Bonchev–Trinajstić information content (AvgIpc) is 3.63. The first-order valence-electron chi connectivity index (χ1n) is 14.6. The Hall–Kier alpha value is -1.92. The lowest BCUT2D eigenvalue weighted by Crippen LogP contribution is -2.32. The van der Waals surface area contributed by atoms with Crippen LogP contribution in [-0.2, 0) is 24.8 Å². The SMILES string of the molecule is C=C(C)[C@@H]1CCC(C)=C[C@H]1c1c(O)cc(CCCCC)cc1OC(=O)C1(OP(=O)([O-])OCCCCCC)CC1. The number of allylic oxidation sites excluding steroid dienone is 3. The third-order valence-electron chi connectivity index (χ3n) is 7.78. The molecule has 0 aliphatic heterocycles. The van der Waals surface area contributed by atoms with Crippen LogP contribution in [0.15, 0.2) is 35.9 Å². The zero-order valence-corrected chi connectivity index (χ0v) is 25.0. The third kappa shape index (κ3) is 8.78. The molecular weight excluding hydrogens is 515 g/mol. The molecule has 1 N–H and O–H groups in total. The molecule has 218 valence electrons. The highest BCUT2D eigenvalue weighted by Gasteiger charge is 2.56. The number of carbonyl (C=O) groups excluding carboxylic acids is 1. The van der Waals surface area contributed by atoms with Crippen LogP contribution in [0.3, 0.4) is 0 Å². The first kappa shape index (κ1) is 31.6. The molecule has 2 aliphatic carbocycles. The molecule has 0 heterocycles. The zero-order chi connectivity index (χ0) is 28.6. The lowest BCUT2D eigenvalue weighted by Gasteiger charge is -2.32. The summed E-state index contributed by atoms with van der Waals surface area (Å²) in [7, 11) is -4.69. The number of rotatable bonds is 16. The first-order valence-corrected chi connectivity index (χ1v) is 16.0. The summed E-state index contributed by atoms with van der Waals surface area (Å²) in [6.07, 6.45) is 11.7. The third-order valence-corrected chi connectivity index (χ3v) is 8.85. The second-order valence-electron chi connectivity index (χ2n) is 11.3. The van der Waals surface area contributed by atoms with Crippen molar-refractivity contribution in [1.29, 1.82) is 0 Å². The Balaban J connectivity index is 1.86. The van der Waals surface area contributed by atoms with Crippen molar-refractivity contribution >= 4 is 13.8 Å². The van der Waals surface area contributed by atoms with E-state index in [9.17, 15) is 19.4 Å². The molecule has 0 amide bonds. The lowest BCUT2D eigenvalue weighted by molar-refractivity contribution is -0.232. The molecule has 0 bridgehead atoms. The van der Waals surface area contributed by atoms with E-state index in [1.807, 2.05) is 13.0 Å². The van der Waals surface area contributed by atoms with Gasteiger partial charge in [0, 0.05) is 11.5 Å². The quantitative estimate of drug-likeness (QED) is 0.0726. The zero-order valence-electron chi connectivity index (χ0n) is 24.1. The number of carbonyl (C=O) groups is 1. The fourth-order valence-electron chi connectivity index (χ4n) is 5.30. The summed E-state index contributed by atoms with van der Waals surface area (Å²) in [6.45, 7) is 12.4. The predicted octanol–water partition coefficient (Wildman–Crippen LogP) is 7.66. The van der Waals surface area contributed by atoms with E-state index >= 15 is 0 Å². The summed E-state index contributed by atoms with van der Waals surface area (Å²) >= 11 is 0. The summed E-state index contributed by atoms with van der Waals surface area (Å²) in [6, 6.07) is 3.57. The second kappa shape index (κ2) is 14.1. The molecule has 1 fully saturated rings. The molecule has 39 heavy (non-hydrogen) atoms. The fourth-order valence-corrected chi connectivity index (χ4v) is 6.39. The van der Waals surface area contributed by atoms with Gasteiger partial charge in [0.15, 0.2) is 5.60 Å². The lowest BCUT2D eigenvalue weighted by atomic mass is 9.73. The maximum atomic E-state index is 13.4. The molecule has 0 aromatic heterocycles. The largest absolute Gasteiger partial charge is 0.756 e. The minimum Gasteiger partial charge on any atom is -0.756 e. The van der Waals surface area contributed by atoms with Crippen molar-refractivity contribution in [2.24, 2.45) is 5.92 Å². The fraction of sp³-hybridized carbons (Fsp3) is 0.645. The van der Waals surface area contributed by atoms with Crippen molar-refractivity contribution < 1.29 is 33.1 Å². The second-order valence-corrected chi connectivity index (χ2v) is 12.7. The Labute approximate surface area is 234 Å². The Kier molecular flexibility index (Phi) is 11.4. The average molecular weight is 562 g/mol. The van der Waals surface area contributed by atoms with Gasteiger partial charge in [0.2, 0.25) is 0 Å². The molecule has 1 saturated carbocycles. The Bertz CT molecular complexity index is 1090. The number of aryl methyl sites for hydroxylation is 1. The summed E-state index contributed by atoms with van der Waals surface area (Å²) in [5.41, 5.74) is 2.01. The van der Waals surface area contributed by atoms with Gasteiger partial charge in [-0.3, -0.25) is 9.09 Å². The Morgan fingerprint density at radius 3 is 2.49 bits per heavy atom. The molecule has 7 nitrogen and oxygen atoms in total. The molecule has 8 heteroatoms. The standard InChI is InChI=1S/C31H47O7P/c1-6-8-10-12-18-36-39(34,35)38-31(16-17-31)30(33)37-28-21-24(13-11-9-7-2)20-27(32)29(28)26-19-23(5)14-15-25(26)22(3)4/h19-21,25-26,32H,3,6-18H2,1-2,4-5H3,(H,34,35)/p-1/t25-,26+/m0/s1. The van der Waals surface area contributed by atoms with Crippen molar-refractivity contribution in [3.8, 4) is 11.5 Å². The van der Waals surface area contributed by atoms with Crippen molar-refractivity contribution in [2.75, 3.05) is 6.61 Å². The highest BCUT2D eigenvalue weighted by Crippen LogP contribution is 2.54. The smallest absolute Gasteiger partial charge is 0.344 e. The van der Waals surface area contributed by atoms with Gasteiger partial charge in [-0.05, 0) is 82.4 Å². The van der Waals surface area contributed by atoms with Gasteiger partial charge in [-0.15, -0.1) is 0 Å². The molecule has 1 aromatic carbocycles. The summed E-state index contributed by atoms with van der Waals surface area (Å²) in [5.74, 6) is -0.577. The van der Waals surface area contributed by atoms with Gasteiger partial charge in [0.1, 0.15) is 11.5 Å². The van der Waals surface area contributed by atoms with Gasteiger partial charge in [0.25, 0.3) is 7.82 Å². The van der Waals surface area contributed by atoms with E-state index in [4.69, 9.17) is 13.8 Å². The van der Waals surface area contributed by atoms with Crippen LogP contribution in [0.5, 0.6) is 11.5 Å². The highest BCUT2D eigenvalue weighted by atomic mass is 31.2. The number of phenols is 1. The summed E-state index contributed by atoms with van der Waals surface area (Å²) < 4.78 is 28.8. The van der Waals surface area contributed by atoms with E-state index in [0.717, 1.165) is 68.9 Å². The molecular formula is C31H46O7P-. The minimum atomic E-state index is -4.69. The number of hydrogen-bond donors (Lipinski definition) is 1. The van der Waals surface area contributed by atoms with Gasteiger partial charge >= 0.3 is 5.97 Å². The molecule has 1 unspecified atom stereocenters. The number of unbranched alkanes of at least 4 members (excludes halogenated alkanes) is 5. The highest BCUT2D eigenvalue weighted by molar-refractivity contribution is 7.46. The number of hydrogen-bond acceptors (Lipinski definition) is 7. The monoisotopic (exact) mass is 561 g/mol. The maximum Gasteiger partial charge on any atom is 0.344 e. The number of benzene rings is 1. The molecule has 3 atom stereocenters. The van der Waals surface area contributed by atoms with E-state index in [0.29, 0.717) is 12.0 Å². The van der Waals surface area contributed by atoms with Gasteiger partial charge in [-0.1, -0.05) is 69.8 Å². The van der Waals surface area contributed by atoms with Crippen LogP contribution in [-0.4, -0.2) is 23.3 Å². The topological polar surface area (TPSA) is 105 Å². The molecule has 1 aromatic rings. The van der Waals surface area contributed by atoms with Crippen LogP contribution in [0.2, 0.25) is 0 Å². The Morgan fingerprint density at radius 1 is 1.15 bits per heavy atom. The number of ether oxygens (including phenoxy) is 1. The number of esters is 1. The van der Waals surface area contributed by atoms with Crippen molar-refractivity contribution in [2.45, 2.75) is 116 Å². The van der Waals surface area contributed by atoms with Crippen molar-refractivity contribution in [3.05, 3.63) is 47.1 Å². The van der Waals surface area contributed by atoms with Crippen LogP contribution in [0.1, 0.15) is 115 Å². The van der Waals surface area contributed by atoms with Crippen LogP contribution in [0.4, 0.5) is 0 Å².